The quantitative estimate of drug-likeness (QED) is 0.353. The van der Waals surface area contributed by atoms with Gasteiger partial charge in [0.2, 0.25) is 0 Å². The normalized spacial score (nSPS) is 15.4. The number of halogens is 2. The zero-order valence-corrected chi connectivity index (χ0v) is 20.5. The summed E-state index contributed by atoms with van der Waals surface area (Å²) in [6.07, 6.45) is 3.52. The largest absolute Gasteiger partial charge is 0.492 e. The molecule has 1 aliphatic carbocycles. The summed E-state index contributed by atoms with van der Waals surface area (Å²) in [4.78, 5) is 25.3. The fourth-order valence-electron chi connectivity index (χ4n) is 3.75. The molecule has 1 N–H and O–H groups in total. The van der Waals surface area contributed by atoms with E-state index in [1.165, 1.54) is 4.90 Å². The molecule has 1 aliphatic rings. The van der Waals surface area contributed by atoms with Crippen molar-refractivity contribution in [1.82, 2.24) is 4.90 Å². The minimum Gasteiger partial charge on any atom is -0.492 e. The Balaban J connectivity index is 1.86. The Morgan fingerprint density at radius 1 is 1.11 bits per heavy atom. The van der Waals surface area contributed by atoms with Gasteiger partial charge < -0.3 is 29.0 Å². The average Bonchev–Trinajstić information content (AvgIpc) is 2.81. The molecular weight excluding hydrogens is 464 g/mol. The Labute approximate surface area is 205 Å². The Kier molecular flexibility index (Phi) is 12.2. The molecule has 0 saturated heterocycles. The van der Waals surface area contributed by atoms with E-state index in [9.17, 15) is 23.5 Å². The number of alkyl halides is 2. The van der Waals surface area contributed by atoms with Crippen LogP contribution in [-0.2, 0) is 25.4 Å². The van der Waals surface area contributed by atoms with Crippen LogP contribution in [0.3, 0.4) is 0 Å². The number of carboxylic acid groups (broad SMARTS) is 1. The first kappa shape index (κ1) is 28.8. The molecule has 8 nitrogen and oxygen atoms in total. The summed E-state index contributed by atoms with van der Waals surface area (Å²) in [5, 5.41) is 9.22. The average molecular weight is 502 g/mol. The van der Waals surface area contributed by atoms with Gasteiger partial charge in [-0.1, -0.05) is 18.6 Å². The molecule has 0 radical (unpaired) electrons. The van der Waals surface area contributed by atoms with Crippen molar-refractivity contribution in [3.8, 4) is 5.75 Å². The Morgan fingerprint density at radius 3 is 2.37 bits per heavy atom. The second-order valence-electron chi connectivity index (χ2n) is 8.73. The summed E-state index contributed by atoms with van der Waals surface area (Å²) in [7, 11) is 0. The number of carboxylic acids is 1. The number of aliphatic carboxylic acids is 1. The summed E-state index contributed by atoms with van der Waals surface area (Å²) in [5.74, 6) is -3.39. The summed E-state index contributed by atoms with van der Waals surface area (Å²) >= 11 is 0. The lowest BCUT2D eigenvalue weighted by Gasteiger charge is -2.27. The summed E-state index contributed by atoms with van der Waals surface area (Å²) in [6.45, 7) is 2.55. The first-order valence-corrected chi connectivity index (χ1v) is 12.1. The van der Waals surface area contributed by atoms with Crippen LogP contribution in [0.25, 0.3) is 0 Å². The number of benzene rings is 1. The molecule has 2 rings (SSSR count). The van der Waals surface area contributed by atoms with E-state index in [4.69, 9.17) is 18.9 Å². The second kappa shape index (κ2) is 14.8. The third-order valence-electron chi connectivity index (χ3n) is 5.56. The molecule has 1 atom stereocenters. The van der Waals surface area contributed by atoms with Crippen molar-refractivity contribution >= 4 is 12.1 Å². The maximum Gasteiger partial charge on any atom is 0.410 e. The van der Waals surface area contributed by atoms with Crippen LogP contribution in [0.4, 0.5) is 13.6 Å². The molecule has 0 heterocycles. The predicted octanol–water partition coefficient (Wildman–Crippen LogP) is 4.54. The molecule has 1 unspecified atom stereocenters. The van der Waals surface area contributed by atoms with E-state index in [1.807, 2.05) is 0 Å². The lowest BCUT2D eigenvalue weighted by molar-refractivity contribution is -0.149. The van der Waals surface area contributed by atoms with Crippen molar-refractivity contribution in [2.24, 2.45) is 0 Å². The summed E-state index contributed by atoms with van der Waals surface area (Å²) in [5.41, 5.74) is 0.792. The molecule has 10 heteroatoms. The van der Waals surface area contributed by atoms with Crippen LogP contribution in [0.2, 0.25) is 0 Å². The molecule has 1 aromatic carbocycles. The van der Waals surface area contributed by atoms with Gasteiger partial charge in [0, 0.05) is 26.5 Å². The van der Waals surface area contributed by atoms with Gasteiger partial charge in [0.1, 0.15) is 25.1 Å². The number of amides is 1. The highest BCUT2D eigenvalue weighted by molar-refractivity contribution is 5.72. The topological polar surface area (TPSA) is 94.5 Å². The van der Waals surface area contributed by atoms with Gasteiger partial charge >= 0.3 is 12.1 Å². The van der Waals surface area contributed by atoms with Gasteiger partial charge in [-0.25, -0.2) is 18.4 Å². The highest BCUT2D eigenvalue weighted by Gasteiger charge is 2.24. The summed E-state index contributed by atoms with van der Waals surface area (Å²) in [6, 6.07) is 6.96. The van der Waals surface area contributed by atoms with Crippen LogP contribution in [0.15, 0.2) is 24.3 Å². The number of nitrogens with zero attached hydrogens (tertiary/aromatic N) is 1. The maximum atomic E-state index is 13.0. The molecule has 198 valence electrons. The molecule has 0 bridgehead atoms. The minimum atomic E-state index is -2.93. The van der Waals surface area contributed by atoms with E-state index >= 15 is 0 Å². The third-order valence-corrected chi connectivity index (χ3v) is 5.56. The standard InChI is InChI=1S/C25H37F2NO7/c1-3-33-22(23(29)30)17-19-9-11-20(12-10-19)34-16-14-28(13-15-32-18-25(2,26)27)24(31)35-21-7-5-4-6-8-21/h9-12,21-22H,3-8,13-18H2,1-2H3,(H,29,30). The van der Waals surface area contributed by atoms with E-state index in [-0.39, 0.29) is 38.8 Å². The zero-order valence-electron chi connectivity index (χ0n) is 20.5. The minimum absolute atomic E-state index is 0.0392. The summed E-state index contributed by atoms with van der Waals surface area (Å²) < 4.78 is 47.6. The van der Waals surface area contributed by atoms with E-state index in [2.05, 4.69) is 0 Å². The number of hydrogen-bond donors (Lipinski definition) is 1. The molecule has 35 heavy (non-hydrogen) atoms. The fraction of sp³-hybridized carbons (Fsp3) is 0.680. The molecule has 1 aromatic rings. The van der Waals surface area contributed by atoms with Gasteiger partial charge in [-0.3, -0.25) is 0 Å². The smallest absolute Gasteiger partial charge is 0.410 e. The van der Waals surface area contributed by atoms with Crippen molar-refractivity contribution < 1.29 is 42.4 Å². The highest BCUT2D eigenvalue weighted by atomic mass is 19.3. The van der Waals surface area contributed by atoms with Crippen LogP contribution >= 0.6 is 0 Å². The van der Waals surface area contributed by atoms with Crippen molar-refractivity contribution in [3.63, 3.8) is 0 Å². The monoisotopic (exact) mass is 501 g/mol. The SMILES string of the molecule is CCOC(Cc1ccc(OCCN(CCOCC(C)(F)F)C(=O)OC2CCCCC2)cc1)C(=O)O. The number of rotatable bonds is 15. The lowest BCUT2D eigenvalue weighted by atomic mass is 9.98. The van der Waals surface area contributed by atoms with E-state index in [0.29, 0.717) is 12.4 Å². The third kappa shape index (κ3) is 11.7. The van der Waals surface area contributed by atoms with Crippen LogP contribution in [0.5, 0.6) is 5.75 Å². The predicted molar refractivity (Wildman–Crippen MR) is 125 cm³/mol. The van der Waals surface area contributed by atoms with Crippen molar-refractivity contribution in [2.45, 2.75) is 70.5 Å². The fourth-order valence-corrected chi connectivity index (χ4v) is 3.75. The van der Waals surface area contributed by atoms with Crippen LogP contribution in [0.1, 0.15) is 51.5 Å². The van der Waals surface area contributed by atoms with Crippen molar-refractivity contribution in [3.05, 3.63) is 29.8 Å². The number of carbonyl (C=O) groups excluding carboxylic acids is 1. The molecular formula is C25H37F2NO7. The first-order chi connectivity index (χ1) is 16.7. The molecule has 1 saturated carbocycles. The number of carbonyl (C=O) groups is 2. The molecule has 1 amide bonds. The van der Waals surface area contributed by atoms with E-state index in [1.54, 1.807) is 31.2 Å². The first-order valence-electron chi connectivity index (χ1n) is 12.1. The zero-order chi connectivity index (χ0) is 25.7. The van der Waals surface area contributed by atoms with Gasteiger partial charge in [-0.2, -0.15) is 0 Å². The second-order valence-corrected chi connectivity index (χ2v) is 8.73. The highest BCUT2D eigenvalue weighted by Crippen LogP contribution is 2.21. The van der Waals surface area contributed by atoms with Crippen LogP contribution in [-0.4, -0.2) is 79.7 Å². The van der Waals surface area contributed by atoms with Crippen LogP contribution < -0.4 is 4.74 Å². The van der Waals surface area contributed by atoms with Crippen molar-refractivity contribution in [2.75, 3.05) is 39.5 Å². The lowest BCUT2D eigenvalue weighted by Crippen LogP contribution is -2.40. The Hall–Kier alpha value is -2.46. The molecule has 1 fully saturated rings. The van der Waals surface area contributed by atoms with Gasteiger partial charge in [0.05, 0.1) is 13.2 Å². The number of ether oxygens (including phenoxy) is 4. The van der Waals surface area contributed by atoms with E-state index < -0.39 is 30.7 Å². The molecule has 0 aliphatic heterocycles. The Bertz CT molecular complexity index is 764. The van der Waals surface area contributed by atoms with Gasteiger partial charge in [0.15, 0.2) is 6.10 Å². The van der Waals surface area contributed by atoms with Gasteiger partial charge in [-0.15, -0.1) is 0 Å². The number of hydrogen-bond acceptors (Lipinski definition) is 6. The molecule has 0 aromatic heterocycles. The van der Waals surface area contributed by atoms with Crippen LogP contribution in [0, 0.1) is 0 Å². The molecule has 0 spiro atoms. The van der Waals surface area contributed by atoms with Crippen molar-refractivity contribution in [1.29, 1.82) is 0 Å². The maximum absolute atomic E-state index is 13.0. The van der Waals surface area contributed by atoms with E-state index in [0.717, 1.165) is 44.6 Å². The Morgan fingerprint density at radius 2 is 1.77 bits per heavy atom. The van der Waals surface area contributed by atoms with Gasteiger partial charge in [0.25, 0.3) is 5.92 Å². The van der Waals surface area contributed by atoms with Gasteiger partial charge in [-0.05, 0) is 50.3 Å².